The number of halogens is 4. The van der Waals surface area contributed by atoms with Crippen LogP contribution in [-0.4, -0.2) is 62.9 Å². The summed E-state index contributed by atoms with van der Waals surface area (Å²) in [4.78, 5) is 34.3. The maximum atomic E-state index is 13.1. The molecule has 3 aromatic heterocycles. The maximum Gasteiger partial charge on any atom is 0.416 e. The molecular weight excluding hydrogens is 541 g/mol. The number of nitrogens with zero attached hydrogens (tertiary/aromatic N) is 7. The molecule has 1 amide bonds. The van der Waals surface area contributed by atoms with Crippen molar-refractivity contribution >= 4 is 17.5 Å². The molecule has 1 aliphatic rings. The predicted octanol–water partition coefficient (Wildman–Crippen LogP) is 2.59. The predicted molar refractivity (Wildman–Crippen MR) is 132 cm³/mol. The second kappa shape index (κ2) is 9.93. The van der Waals surface area contributed by atoms with Crippen molar-refractivity contribution < 1.29 is 23.1 Å². The molecule has 15 heteroatoms. The topological polar surface area (TPSA) is 133 Å². The number of rotatable bonds is 8. The van der Waals surface area contributed by atoms with Crippen molar-refractivity contribution in [2.75, 3.05) is 0 Å². The third-order valence-corrected chi connectivity index (χ3v) is 6.50. The fraction of sp³-hybridized carbons (Fsp3) is 0.333. The van der Waals surface area contributed by atoms with Gasteiger partial charge in [-0.15, -0.1) is 10.2 Å². The number of aromatic nitrogens is 7. The van der Waals surface area contributed by atoms with E-state index in [2.05, 4.69) is 25.5 Å². The lowest BCUT2D eigenvalue weighted by Gasteiger charge is -2.15. The number of pyridine rings is 1. The second-order valence-corrected chi connectivity index (χ2v) is 9.87. The van der Waals surface area contributed by atoms with E-state index in [0.717, 1.165) is 22.1 Å². The van der Waals surface area contributed by atoms with Crippen LogP contribution in [0.4, 0.5) is 13.2 Å². The quantitative estimate of drug-likeness (QED) is 0.337. The molecule has 0 saturated heterocycles. The summed E-state index contributed by atoms with van der Waals surface area (Å²) in [6.07, 6.45) is -3.18. The molecule has 4 aromatic rings. The fourth-order valence-electron chi connectivity index (χ4n) is 3.81. The lowest BCUT2D eigenvalue weighted by Crippen LogP contribution is -2.37. The van der Waals surface area contributed by atoms with E-state index in [1.807, 2.05) is 6.92 Å². The van der Waals surface area contributed by atoms with Gasteiger partial charge in [0, 0.05) is 22.3 Å². The molecule has 1 unspecified atom stereocenters. The standard InChI is InChI=1S/C24H22ClF3N8O3/c1-23(8-9-23)31-21(38)16-3-2-10-29-20(16)36-13-30-18(32-36)12-35-22(39)34(11-17(37)24(26,27)28)19(33-35)14-4-6-15(25)7-5-14/h2-7,10,13,17,37H,8-9,11-12H2,1H3,(H,31,38). The molecule has 0 aliphatic heterocycles. The minimum Gasteiger partial charge on any atom is -0.382 e. The van der Waals surface area contributed by atoms with Gasteiger partial charge >= 0.3 is 11.9 Å². The summed E-state index contributed by atoms with van der Waals surface area (Å²) in [7, 11) is 0. The molecular formula is C24H22ClF3N8O3. The zero-order chi connectivity index (χ0) is 27.9. The number of nitrogens with one attached hydrogen (secondary N) is 1. The van der Waals surface area contributed by atoms with Crippen LogP contribution in [0.3, 0.4) is 0 Å². The van der Waals surface area contributed by atoms with Crippen molar-refractivity contribution in [2.24, 2.45) is 0 Å². The zero-order valence-electron chi connectivity index (χ0n) is 20.4. The van der Waals surface area contributed by atoms with Gasteiger partial charge in [-0.05, 0) is 56.2 Å². The van der Waals surface area contributed by atoms with Crippen molar-refractivity contribution in [2.45, 2.75) is 50.7 Å². The highest BCUT2D eigenvalue weighted by Crippen LogP contribution is 2.34. The number of carbonyl (C=O) groups is 1. The molecule has 1 aromatic carbocycles. The Morgan fingerprint density at radius 2 is 1.90 bits per heavy atom. The SMILES string of the molecule is CC1(NC(=O)c2cccnc2-n2cnc(Cn3nc(-c4ccc(Cl)cc4)n(CC(O)C(F)(F)F)c3=O)n2)CC1. The number of benzene rings is 1. The highest BCUT2D eigenvalue weighted by Gasteiger charge is 2.40. The number of hydrogen-bond acceptors (Lipinski definition) is 7. The first-order valence-electron chi connectivity index (χ1n) is 11.8. The van der Waals surface area contributed by atoms with E-state index in [9.17, 15) is 27.9 Å². The van der Waals surface area contributed by atoms with E-state index in [0.29, 0.717) is 10.6 Å². The van der Waals surface area contributed by atoms with Crippen LogP contribution in [0.15, 0.2) is 53.7 Å². The van der Waals surface area contributed by atoms with Crippen LogP contribution in [0.5, 0.6) is 0 Å². The van der Waals surface area contributed by atoms with Gasteiger partial charge in [-0.3, -0.25) is 9.36 Å². The summed E-state index contributed by atoms with van der Waals surface area (Å²) in [6.45, 7) is 0.582. The highest BCUT2D eigenvalue weighted by molar-refractivity contribution is 6.30. The Balaban J connectivity index is 1.45. The van der Waals surface area contributed by atoms with Crippen LogP contribution in [0.25, 0.3) is 17.2 Å². The average molecular weight is 563 g/mol. The van der Waals surface area contributed by atoms with Gasteiger partial charge in [0.15, 0.2) is 23.6 Å². The Labute approximate surface area is 223 Å². The maximum absolute atomic E-state index is 13.1. The molecule has 0 radical (unpaired) electrons. The van der Waals surface area contributed by atoms with E-state index in [1.54, 1.807) is 12.1 Å². The minimum atomic E-state index is -4.94. The first-order chi connectivity index (χ1) is 18.4. The molecule has 39 heavy (non-hydrogen) atoms. The van der Waals surface area contributed by atoms with Gasteiger partial charge in [-0.1, -0.05) is 11.6 Å². The van der Waals surface area contributed by atoms with Gasteiger partial charge in [0.1, 0.15) is 12.9 Å². The molecule has 204 valence electrons. The Hall–Kier alpha value is -4.04. The monoisotopic (exact) mass is 562 g/mol. The van der Waals surface area contributed by atoms with Crippen molar-refractivity contribution in [3.8, 4) is 17.2 Å². The normalized spacial score (nSPS) is 15.2. The van der Waals surface area contributed by atoms with Gasteiger partial charge in [0.05, 0.1) is 12.1 Å². The van der Waals surface area contributed by atoms with Crippen LogP contribution in [-0.2, 0) is 13.1 Å². The Kier molecular flexibility index (Phi) is 6.76. The number of carbonyl (C=O) groups excluding carboxylic acids is 1. The molecule has 1 aliphatic carbocycles. The Morgan fingerprint density at radius 1 is 1.18 bits per heavy atom. The third-order valence-electron chi connectivity index (χ3n) is 6.25. The highest BCUT2D eigenvalue weighted by atomic mass is 35.5. The van der Waals surface area contributed by atoms with E-state index in [1.165, 1.54) is 41.5 Å². The Bertz CT molecular complexity index is 1570. The largest absolute Gasteiger partial charge is 0.416 e. The van der Waals surface area contributed by atoms with Gasteiger partial charge < -0.3 is 10.4 Å². The van der Waals surface area contributed by atoms with Crippen LogP contribution in [0.2, 0.25) is 5.02 Å². The number of aliphatic hydroxyl groups is 1. The van der Waals surface area contributed by atoms with Crippen LogP contribution in [0, 0.1) is 0 Å². The number of alkyl halides is 3. The van der Waals surface area contributed by atoms with Crippen LogP contribution in [0.1, 0.15) is 35.9 Å². The third kappa shape index (κ3) is 5.71. The van der Waals surface area contributed by atoms with E-state index >= 15 is 0 Å². The van der Waals surface area contributed by atoms with Gasteiger partial charge in [-0.2, -0.15) is 13.2 Å². The number of aliphatic hydroxyl groups excluding tert-OH is 1. The zero-order valence-corrected chi connectivity index (χ0v) is 21.2. The van der Waals surface area contributed by atoms with Crippen molar-refractivity contribution in [1.82, 2.24) is 39.4 Å². The van der Waals surface area contributed by atoms with Crippen molar-refractivity contribution in [1.29, 1.82) is 0 Å². The van der Waals surface area contributed by atoms with E-state index < -0.39 is 24.5 Å². The van der Waals surface area contributed by atoms with E-state index in [4.69, 9.17) is 11.6 Å². The number of amides is 1. The molecule has 2 N–H and O–H groups in total. The summed E-state index contributed by atoms with van der Waals surface area (Å²) >= 11 is 5.91. The van der Waals surface area contributed by atoms with Gasteiger partial charge in [0.2, 0.25) is 0 Å². The summed E-state index contributed by atoms with van der Waals surface area (Å²) in [6, 6.07) is 9.20. The first kappa shape index (κ1) is 26.6. The molecule has 0 bridgehead atoms. The average Bonchev–Trinajstić information content (AvgIpc) is 3.29. The molecule has 1 fully saturated rings. The summed E-state index contributed by atoms with van der Waals surface area (Å²) in [5.74, 6) is -0.115. The molecule has 1 saturated carbocycles. The molecule has 11 nitrogen and oxygen atoms in total. The molecule has 3 heterocycles. The van der Waals surface area contributed by atoms with Gasteiger partial charge in [-0.25, -0.2) is 24.1 Å². The lowest BCUT2D eigenvalue weighted by atomic mass is 10.2. The number of hydrogen-bond donors (Lipinski definition) is 2. The summed E-state index contributed by atoms with van der Waals surface area (Å²) < 4.78 is 42.2. The van der Waals surface area contributed by atoms with Crippen LogP contribution < -0.4 is 11.0 Å². The minimum absolute atomic E-state index is 0.0898. The van der Waals surface area contributed by atoms with Crippen LogP contribution >= 0.6 is 11.6 Å². The fourth-order valence-corrected chi connectivity index (χ4v) is 3.94. The van der Waals surface area contributed by atoms with Crippen molar-refractivity contribution in [3.63, 3.8) is 0 Å². The molecule has 1 atom stereocenters. The second-order valence-electron chi connectivity index (χ2n) is 9.43. The smallest absolute Gasteiger partial charge is 0.382 e. The van der Waals surface area contributed by atoms with E-state index in [-0.39, 0.29) is 41.0 Å². The summed E-state index contributed by atoms with van der Waals surface area (Å²) in [5, 5.41) is 21.5. The summed E-state index contributed by atoms with van der Waals surface area (Å²) in [5.41, 5.74) is -0.569. The first-order valence-corrected chi connectivity index (χ1v) is 12.2. The van der Waals surface area contributed by atoms with Gasteiger partial charge in [0.25, 0.3) is 5.91 Å². The Morgan fingerprint density at radius 3 is 2.56 bits per heavy atom. The van der Waals surface area contributed by atoms with Crippen molar-refractivity contribution in [3.05, 3.63) is 75.8 Å². The molecule has 5 rings (SSSR count). The molecule has 0 spiro atoms. The lowest BCUT2D eigenvalue weighted by molar-refractivity contribution is -0.207.